The molecule has 1 aromatic rings. The van der Waals surface area contributed by atoms with Crippen molar-refractivity contribution >= 4 is 21.6 Å². The molecule has 106 valence electrons. The van der Waals surface area contributed by atoms with Crippen LogP contribution in [0.5, 0.6) is 5.75 Å². The summed E-state index contributed by atoms with van der Waals surface area (Å²) in [6, 6.07) is 2.99. The molecule has 1 aromatic carbocycles. The number of ether oxygens (including phenoxy) is 1. The van der Waals surface area contributed by atoms with Gasteiger partial charge in [-0.3, -0.25) is 0 Å². The number of halogens is 1. The molecule has 0 atom stereocenters. The Morgan fingerprint density at radius 2 is 2.11 bits per heavy atom. The van der Waals surface area contributed by atoms with Crippen LogP contribution in [0.15, 0.2) is 17.0 Å². The summed E-state index contributed by atoms with van der Waals surface area (Å²) < 4.78 is 32.6. The number of nitrogens with one attached hydrogen (secondary N) is 1. The average molecular weight is 305 g/mol. The first-order chi connectivity index (χ1) is 8.81. The molecule has 0 spiro atoms. The van der Waals surface area contributed by atoms with Gasteiger partial charge in [-0.05, 0) is 31.9 Å². The zero-order chi connectivity index (χ0) is 14.3. The predicted octanol–water partition coefficient (Wildman–Crippen LogP) is 1.64. The minimum atomic E-state index is -3.67. The number of rotatable bonds is 5. The summed E-state index contributed by atoms with van der Waals surface area (Å²) >= 11 is 5.95. The minimum absolute atomic E-state index is 0.0380. The Morgan fingerprint density at radius 3 is 2.58 bits per heavy atom. The molecule has 1 fully saturated rings. The Labute approximate surface area is 118 Å². The lowest BCUT2D eigenvalue weighted by Crippen LogP contribution is -2.34. The first-order valence-corrected chi connectivity index (χ1v) is 7.78. The Kier molecular flexibility index (Phi) is 3.79. The van der Waals surface area contributed by atoms with Gasteiger partial charge in [0.15, 0.2) is 0 Å². The maximum atomic E-state index is 12.4. The van der Waals surface area contributed by atoms with Crippen molar-refractivity contribution in [2.45, 2.75) is 36.7 Å². The molecule has 3 N–H and O–H groups in total. The van der Waals surface area contributed by atoms with Crippen LogP contribution in [0.1, 0.15) is 25.3 Å². The van der Waals surface area contributed by atoms with Gasteiger partial charge in [-0.2, -0.15) is 0 Å². The van der Waals surface area contributed by atoms with Crippen LogP contribution >= 0.6 is 11.6 Å². The molecule has 1 aliphatic carbocycles. The molecule has 0 radical (unpaired) electrons. The number of hydrogen-bond donors (Lipinski definition) is 2. The van der Waals surface area contributed by atoms with E-state index >= 15 is 0 Å². The fourth-order valence-electron chi connectivity index (χ4n) is 1.87. The highest BCUT2D eigenvalue weighted by Gasteiger charge is 2.42. The minimum Gasteiger partial charge on any atom is -0.495 e. The summed E-state index contributed by atoms with van der Waals surface area (Å²) in [5.74, 6) is 0.253. The van der Waals surface area contributed by atoms with E-state index in [1.807, 2.05) is 6.92 Å². The van der Waals surface area contributed by atoms with E-state index in [4.69, 9.17) is 22.1 Å². The number of methoxy groups -OCH3 is 1. The van der Waals surface area contributed by atoms with Crippen molar-refractivity contribution in [3.63, 3.8) is 0 Å². The molecule has 1 saturated carbocycles. The zero-order valence-corrected chi connectivity index (χ0v) is 12.4. The second-order valence-electron chi connectivity index (χ2n) is 4.97. The van der Waals surface area contributed by atoms with E-state index in [-0.39, 0.29) is 22.7 Å². The van der Waals surface area contributed by atoms with Crippen LogP contribution in [-0.4, -0.2) is 21.1 Å². The van der Waals surface area contributed by atoms with Crippen molar-refractivity contribution in [3.8, 4) is 5.75 Å². The molecule has 19 heavy (non-hydrogen) atoms. The van der Waals surface area contributed by atoms with Gasteiger partial charge in [-0.15, -0.1) is 0 Å². The van der Waals surface area contributed by atoms with E-state index in [1.165, 1.54) is 13.2 Å². The highest BCUT2D eigenvalue weighted by atomic mass is 35.5. The topological polar surface area (TPSA) is 81.4 Å². The Bertz CT molecular complexity index is 597. The van der Waals surface area contributed by atoms with Gasteiger partial charge in [0.2, 0.25) is 10.0 Å². The maximum Gasteiger partial charge on any atom is 0.244 e. The van der Waals surface area contributed by atoms with E-state index in [0.29, 0.717) is 10.6 Å². The van der Waals surface area contributed by atoms with Gasteiger partial charge in [0, 0.05) is 22.7 Å². The van der Waals surface area contributed by atoms with Gasteiger partial charge in [0.1, 0.15) is 10.6 Å². The SMILES string of the molecule is COc1c(CN)cc(Cl)cc1S(=O)(=O)NC1(C)CC1. The lowest BCUT2D eigenvalue weighted by atomic mass is 10.2. The fourth-order valence-corrected chi connectivity index (χ4v) is 3.88. The van der Waals surface area contributed by atoms with Gasteiger partial charge in [-0.1, -0.05) is 11.6 Å². The van der Waals surface area contributed by atoms with Crippen molar-refractivity contribution in [2.75, 3.05) is 7.11 Å². The quantitative estimate of drug-likeness (QED) is 0.866. The summed E-state index contributed by atoms with van der Waals surface area (Å²) in [4.78, 5) is 0.0380. The summed E-state index contributed by atoms with van der Waals surface area (Å²) in [6.45, 7) is 2.02. The predicted molar refractivity (Wildman–Crippen MR) is 73.9 cm³/mol. The lowest BCUT2D eigenvalue weighted by Gasteiger charge is -2.17. The van der Waals surface area contributed by atoms with Crippen molar-refractivity contribution in [1.29, 1.82) is 0 Å². The molecular formula is C12H17ClN2O3S. The number of hydrogen-bond acceptors (Lipinski definition) is 4. The second kappa shape index (κ2) is 4.94. The van der Waals surface area contributed by atoms with Crippen molar-refractivity contribution in [1.82, 2.24) is 4.72 Å². The first kappa shape index (κ1) is 14.6. The molecule has 0 heterocycles. The molecule has 5 nitrogen and oxygen atoms in total. The lowest BCUT2D eigenvalue weighted by molar-refractivity contribution is 0.397. The Morgan fingerprint density at radius 1 is 1.47 bits per heavy atom. The van der Waals surface area contributed by atoms with Crippen LogP contribution in [0.2, 0.25) is 5.02 Å². The number of benzene rings is 1. The first-order valence-electron chi connectivity index (χ1n) is 5.92. The molecule has 0 unspecified atom stereocenters. The third-order valence-electron chi connectivity index (χ3n) is 3.19. The molecular weight excluding hydrogens is 288 g/mol. The molecule has 0 amide bonds. The fraction of sp³-hybridized carbons (Fsp3) is 0.500. The molecule has 2 rings (SSSR count). The largest absolute Gasteiger partial charge is 0.495 e. The summed E-state index contributed by atoms with van der Waals surface area (Å²) in [6.07, 6.45) is 1.66. The summed E-state index contributed by atoms with van der Waals surface area (Å²) in [7, 11) is -2.25. The zero-order valence-electron chi connectivity index (χ0n) is 10.9. The maximum absolute atomic E-state index is 12.4. The molecule has 7 heteroatoms. The number of nitrogens with two attached hydrogens (primary N) is 1. The highest BCUT2D eigenvalue weighted by Crippen LogP contribution is 2.38. The highest BCUT2D eigenvalue weighted by molar-refractivity contribution is 7.89. The van der Waals surface area contributed by atoms with Crippen molar-refractivity contribution in [2.24, 2.45) is 5.73 Å². The van der Waals surface area contributed by atoms with Crippen LogP contribution in [0.25, 0.3) is 0 Å². The van der Waals surface area contributed by atoms with E-state index in [2.05, 4.69) is 4.72 Å². The van der Waals surface area contributed by atoms with Crippen LogP contribution in [0, 0.1) is 0 Å². The Balaban J connectivity index is 2.51. The van der Waals surface area contributed by atoms with Gasteiger partial charge in [0.05, 0.1) is 7.11 Å². The molecule has 0 bridgehead atoms. The third kappa shape index (κ3) is 3.02. The summed E-state index contributed by atoms with van der Waals surface area (Å²) in [5, 5.41) is 0.322. The van der Waals surface area contributed by atoms with Crippen LogP contribution in [0.3, 0.4) is 0 Å². The van der Waals surface area contributed by atoms with E-state index < -0.39 is 10.0 Å². The average Bonchev–Trinajstić information content (AvgIpc) is 3.04. The standard InChI is InChI=1S/C12H17ClN2O3S/c1-12(3-4-12)15-19(16,17)10-6-9(13)5-8(7-14)11(10)18-2/h5-6,15H,3-4,7,14H2,1-2H3. The molecule has 0 aromatic heterocycles. The van der Waals surface area contributed by atoms with E-state index in [0.717, 1.165) is 12.8 Å². The normalized spacial score (nSPS) is 17.3. The van der Waals surface area contributed by atoms with Gasteiger partial charge in [0.25, 0.3) is 0 Å². The Hall–Kier alpha value is -0.820. The van der Waals surface area contributed by atoms with Gasteiger partial charge >= 0.3 is 0 Å². The van der Waals surface area contributed by atoms with Crippen molar-refractivity contribution < 1.29 is 13.2 Å². The van der Waals surface area contributed by atoms with Gasteiger partial charge < -0.3 is 10.5 Å². The molecule has 1 aliphatic rings. The van der Waals surface area contributed by atoms with E-state index in [9.17, 15) is 8.42 Å². The monoisotopic (exact) mass is 304 g/mol. The smallest absolute Gasteiger partial charge is 0.244 e. The molecule has 0 saturated heterocycles. The van der Waals surface area contributed by atoms with Crippen molar-refractivity contribution in [3.05, 3.63) is 22.7 Å². The van der Waals surface area contributed by atoms with E-state index in [1.54, 1.807) is 6.07 Å². The number of sulfonamides is 1. The second-order valence-corrected chi connectivity index (χ2v) is 7.05. The summed E-state index contributed by atoms with van der Waals surface area (Å²) in [5.41, 5.74) is 5.81. The third-order valence-corrected chi connectivity index (χ3v) is 5.05. The van der Waals surface area contributed by atoms with Crippen LogP contribution in [0.4, 0.5) is 0 Å². The van der Waals surface area contributed by atoms with Crippen LogP contribution in [-0.2, 0) is 16.6 Å². The molecule has 0 aliphatic heterocycles. The van der Waals surface area contributed by atoms with Gasteiger partial charge in [-0.25, -0.2) is 13.1 Å². The van der Waals surface area contributed by atoms with Crippen LogP contribution < -0.4 is 15.2 Å².